The van der Waals surface area contributed by atoms with Crippen LogP contribution < -0.4 is 5.32 Å². The molecule has 1 unspecified atom stereocenters. The van der Waals surface area contributed by atoms with Crippen molar-refractivity contribution in [3.05, 3.63) is 34.9 Å². The number of piperidine rings is 1. The standard InChI is InChI=1S/C17H25ClN2O.ClH/c1-3-11-20(16-7-9-19-10-8-16)17(21)13(2)14-5-4-6-15(18)12-14;/h4-6,12-13,16,19H,3,7-11H2,1-2H3;1H. The molecule has 1 N–H and O–H groups in total. The molecule has 0 saturated carbocycles. The molecule has 1 aromatic rings. The highest BCUT2D eigenvalue weighted by Crippen LogP contribution is 2.24. The van der Waals surface area contributed by atoms with Gasteiger partial charge in [0, 0.05) is 17.6 Å². The second-order valence-corrected chi connectivity index (χ2v) is 6.23. The number of halogens is 2. The van der Waals surface area contributed by atoms with Gasteiger partial charge in [0.25, 0.3) is 0 Å². The van der Waals surface area contributed by atoms with Crippen molar-refractivity contribution in [1.29, 1.82) is 0 Å². The summed E-state index contributed by atoms with van der Waals surface area (Å²) >= 11 is 6.05. The Bertz CT molecular complexity index is 475. The van der Waals surface area contributed by atoms with Gasteiger partial charge in [-0.15, -0.1) is 12.4 Å². The van der Waals surface area contributed by atoms with E-state index in [-0.39, 0.29) is 24.2 Å². The topological polar surface area (TPSA) is 32.3 Å². The van der Waals surface area contributed by atoms with Crippen LogP contribution in [0, 0.1) is 0 Å². The third-order valence-electron chi connectivity index (χ3n) is 4.22. The Kier molecular flexibility index (Phi) is 8.23. The minimum Gasteiger partial charge on any atom is -0.339 e. The molecule has 3 nitrogen and oxygen atoms in total. The first-order valence-electron chi connectivity index (χ1n) is 7.90. The van der Waals surface area contributed by atoms with Crippen LogP contribution in [0.4, 0.5) is 0 Å². The second-order valence-electron chi connectivity index (χ2n) is 5.79. The van der Waals surface area contributed by atoms with Crippen molar-refractivity contribution < 1.29 is 4.79 Å². The molecule has 1 aliphatic heterocycles. The number of carbonyl (C=O) groups is 1. The lowest BCUT2D eigenvalue weighted by Crippen LogP contribution is -2.47. The quantitative estimate of drug-likeness (QED) is 0.879. The van der Waals surface area contributed by atoms with E-state index in [0.29, 0.717) is 11.1 Å². The van der Waals surface area contributed by atoms with Crippen LogP contribution in [0.1, 0.15) is 44.6 Å². The van der Waals surface area contributed by atoms with Crippen LogP contribution in [0.2, 0.25) is 5.02 Å². The summed E-state index contributed by atoms with van der Waals surface area (Å²) in [5.74, 6) is 0.0937. The van der Waals surface area contributed by atoms with Gasteiger partial charge in [0.2, 0.25) is 5.91 Å². The molecule has 2 rings (SSSR count). The van der Waals surface area contributed by atoms with Gasteiger partial charge >= 0.3 is 0 Å². The van der Waals surface area contributed by atoms with Crippen LogP contribution in [0.3, 0.4) is 0 Å². The van der Waals surface area contributed by atoms with Crippen molar-refractivity contribution in [3.63, 3.8) is 0 Å². The predicted molar refractivity (Wildman–Crippen MR) is 95.0 cm³/mol. The molecule has 0 bridgehead atoms. The molecule has 1 aromatic carbocycles. The summed E-state index contributed by atoms with van der Waals surface area (Å²) in [5, 5.41) is 4.05. The lowest BCUT2D eigenvalue weighted by molar-refractivity contribution is -0.135. The van der Waals surface area contributed by atoms with Crippen LogP contribution in [-0.4, -0.2) is 36.5 Å². The molecular weight excluding hydrogens is 319 g/mol. The third kappa shape index (κ3) is 4.87. The summed E-state index contributed by atoms with van der Waals surface area (Å²) in [6.45, 7) is 6.96. The highest BCUT2D eigenvalue weighted by atomic mass is 35.5. The summed E-state index contributed by atoms with van der Waals surface area (Å²) in [6, 6.07) is 8.02. The number of rotatable bonds is 5. The minimum atomic E-state index is -0.134. The van der Waals surface area contributed by atoms with E-state index in [4.69, 9.17) is 11.6 Å². The second kappa shape index (κ2) is 9.39. The van der Waals surface area contributed by atoms with E-state index >= 15 is 0 Å². The molecule has 5 heteroatoms. The minimum absolute atomic E-state index is 0. The van der Waals surface area contributed by atoms with E-state index in [0.717, 1.165) is 44.5 Å². The number of benzene rings is 1. The zero-order valence-corrected chi connectivity index (χ0v) is 14.9. The van der Waals surface area contributed by atoms with Gasteiger partial charge in [0.05, 0.1) is 5.92 Å². The van der Waals surface area contributed by atoms with E-state index in [9.17, 15) is 4.79 Å². The molecule has 1 atom stereocenters. The van der Waals surface area contributed by atoms with Gasteiger partial charge in [-0.2, -0.15) is 0 Å². The molecule has 1 aliphatic rings. The Balaban J connectivity index is 0.00000242. The number of nitrogens with zero attached hydrogens (tertiary/aromatic N) is 1. The smallest absolute Gasteiger partial charge is 0.230 e. The molecule has 124 valence electrons. The monoisotopic (exact) mass is 344 g/mol. The molecular formula is C17H26Cl2N2O. The van der Waals surface area contributed by atoms with Crippen LogP contribution in [0.25, 0.3) is 0 Å². The van der Waals surface area contributed by atoms with E-state index in [1.165, 1.54) is 0 Å². The fourth-order valence-electron chi connectivity index (χ4n) is 3.00. The first-order chi connectivity index (χ1) is 10.1. The summed E-state index contributed by atoms with van der Waals surface area (Å²) in [5.41, 5.74) is 1.00. The molecule has 22 heavy (non-hydrogen) atoms. The van der Waals surface area contributed by atoms with Gasteiger partial charge in [-0.25, -0.2) is 0 Å². The summed E-state index contributed by atoms with van der Waals surface area (Å²) < 4.78 is 0. The lowest BCUT2D eigenvalue weighted by Gasteiger charge is -2.36. The summed E-state index contributed by atoms with van der Waals surface area (Å²) in [6.07, 6.45) is 3.10. The highest BCUT2D eigenvalue weighted by Gasteiger charge is 2.28. The Morgan fingerprint density at radius 2 is 2.09 bits per heavy atom. The van der Waals surface area contributed by atoms with Gasteiger partial charge in [0.1, 0.15) is 0 Å². The molecule has 0 aliphatic carbocycles. The van der Waals surface area contributed by atoms with Gasteiger partial charge in [-0.05, 0) is 57.0 Å². The van der Waals surface area contributed by atoms with E-state index in [1.807, 2.05) is 31.2 Å². The van der Waals surface area contributed by atoms with Crippen molar-refractivity contribution in [3.8, 4) is 0 Å². The average Bonchev–Trinajstić information content (AvgIpc) is 2.52. The zero-order valence-electron chi connectivity index (χ0n) is 13.3. The third-order valence-corrected chi connectivity index (χ3v) is 4.45. The first-order valence-corrected chi connectivity index (χ1v) is 8.28. The van der Waals surface area contributed by atoms with E-state index in [2.05, 4.69) is 17.1 Å². The highest BCUT2D eigenvalue weighted by molar-refractivity contribution is 6.30. The first kappa shape index (κ1) is 19.3. The van der Waals surface area contributed by atoms with Crippen LogP contribution >= 0.6 is 24.0 Å². The summed E-state index contributed by atoms with van der Waals surface area (Å²) in [7, 11) is 0. The van der Waals surface area contributed by atoms with Gasteiger partial charge < -0.3 is 10.2 Å². The largest absolute Gasteiger partial charge is 0.339 e. The molecule has 1 amide bonds. The Hall–Kier alpha value is -0.770. The van der Waals surface area contributed by atoms with Gasteiger partial charge in [0.15, 0.2) is 0 Å². The Morgan fingerprint density at radius 3 is 2.68 bits per heavy atom. The average molecular weight is 345 g/mol. The maximum atomic E-state index is 12.9. The molecule has 1 heterocycles. The number of hydrogen-bond donors (Lipinski definition) is 1. The number of amides is 1. The van der Waals surface area contributed by atoms with Crippen LogP contribution in [0.5, 0.6) is 0 Å². The molecule has 0 aromatic heterocycles. The van der Waals surface area contributed by atoms with Crippen molar-refractivity contribution in [2.24, 2.45) is 0 Å². The van der Waals surface area contributed by atoms with Crippen molar-refractivity contribution in [2.75, 3.05) is 19.6 Å². The van der Waals surface area contributed by atoms with E-state index in [1.54, 1.807) is 0 Å². The van der Waals surface area contributed by atoms with E-state index < -0.39 is 0 Å². The van der Waals surface area contributed by atoms with Gasteiger partial charge in [-0.3, -0.25) is 4.79 Å². The molecule has 1 saturated heterocycles. The fraction of sp³-hybridized carbons (Fsp3) is 0.588. The normalized spacial score (nSPS) is 16.7. The number of nitrogens with one attached hydrogen (secondary N) is 1. The lowest BCUT2D eigenvalue weighted by atomic mass is 9.96. The fourth-order valence-corrected chi connectivity index (χ4v) is 3.20. The van der Waals surface area contributed by atoms with Crippen molar-refractivity contribution in [1.82, 2.24) is 10.2 Å². The number of carbonyl (C=O) groups excluding carboxylic acids is 1. The Labute approximate surface area is 144 Å². The Morgan fingerprint density at radius 1 is 1.41 bits per heavy atom. The SMILES string of the molecule is CCCN(C(=O)C(C)c1cccc(Cl)c1)C1CCNCC1.Cl. The molecule has 0 spiro atoms. The summed E-state index contributed by atoms with van der Waals surface area (Å²) in [4.78, 5) is 15.0. The zero-order chi connectivity index (χ0) is 15.2. The van der Waals surface area contributed by atoms with Gasteiger partial charge in [-0.1, -0.05) is 30.7 Å². The maximum absolute atomic E-state index is 12.9. The molecule has 0 radical (unpaired) electrons. The van der Waals surface area contributed by atoms with Crippen LogP contribution in [0.15, 0.2) is 24.3 Å². The van der Waals surface area contributed by atoms with Crippen molar-refractivity contribution in [2.45, 2.75) is 45.1 Å². The number of hydrogen-bond acceptors (Lipinski definition) is 2. The molecule has 1 fully saturated rings. The van der Waals surface area contributed by atoms with Crippen molar-refractivity contribution >= 4 is 29.9 Å². The maximum Gasteiger partial charge on any atom is 0.230 e. The predicted octanol–water partition coefficient (Wildman–Crippen LogP) is 3.86. The van der Waals surface area contributed by atoms with Crippen LogP contribution in [-0.2, 0) is 4.79 Å².